The number of halogens is 1. The van der Waals surface area contributed by atoms with Crippen LogP contribution in [0.15, 0.2) is 41.3 Å². The first-order valence-electron chi connectivity index (χ1n) is 8.38. The molecule has 1 aliphatic heterocycles. The fourth-order valence-corrected chi connectivity index (χ4v) is 3.38. The molecule has 5 nitrogen and oxygen atoms in total. The molecule has 1 unspecified atom stereocenters. The Bertz CT molecular complexity index is 732. The molecule has 1 aromatic carbocycles. The Morgan fingerprint density at radius 2 is 2.08 bits per heavy atom. The number of nitrogens with zero attached hydrogens (tertiary/aromatic N) is 3. The second-order valence-electron chi connectivity index (χ2n) is 6.36. The standard InChI is InChI=1S/C18H23ClN4O/c1-22-18(24)17(19)16(11-20-22)21-15-9-5-6-10-23(13-15)12-14-7-3-2-4-8-14/h2-4,7-8,11,15,21H,5-6,9-10,12-13H2,1H3. The van der Waals surface area contributed by atoms with Crippen LogP contribution in [0.4, 0.5) is 5.69 Å². The van der Waals surface area contributed by atoms with Gasteiger partial charge in [0.15, 0.2) is 0 Å². The van der Waals surface area contributed by atoms with Crippen molar-refractivity contribution in [2.45, 2.75) is 31.8 Å². The fraction of sp³-hybridized carbons (Fsp3) is 0.444. The zero-order valence-corrected chi connectivity index (χ0v) is 14.7. The van der Waals surface area contributed by atoms with Crippen molar-refractivity contribution in [1.29, 1.82) is 0 Å². The van der Waals surface area contributed by atoms with Crippen LogP contribution < -0.4 is 10.9 Å². The Morgan fingerprint density at radius 3 is 2.88 bits per heavy atom. The number of hydrogen-bond donors (Lipinski definition) is 1. The van der Waals surface area contributed by atoms with Gasteiger partial charge in [-0.25, -0.2) is 4.68 Å². The highest BCUT2D eigenvalue weighted by molar-refractivity contribution is 6.32. The highest BCUT2D eigenvalue weighted by atomic mass is 35.5. The van der Waals surface area contributed by atoms with Gasteiger partial charge >= 0.3 is 0 Å². The zero-order chi connectivity index (χ0) is 16.9. The molecule has 1 saturated heterocycles. The van der Waals surface area contributed by atoms with Crippen LogP contribution in [-0.4, -0.2) is 33.8 Å². The van der Waals surface area contributed by atoms with Gasteiger partial charge in [0.05, 0.1) is 11.9 Å². The zero-order valence-electron chi connectivity index (χ0n) is 13.9. The van der Waals surface area contributed by atoms with E-state index in [-0.39, 0.29) is 16.6 Å². The third-order valence-electron chi connectivity index (χ3n) is 4.44. The van der Waals surface area contributed by atoms with Crippen molar-refractivity contribution in [3.8, 4) is 0 Å². The number of aromatic nitrogens is 2. The summed E-state index contributed by atoms with van der Waals surface area (Å²) < 4.78 is 1.25. The van der Waals surface area contributed by atoms with Gasteiger partial charge in [0.25, 0.3) is 5.56 Å². The molecule has 0 saturated carbocycles. The van der Waals surface area contributed by atoms with Crippen LogP contribution >= 0.6 is 11.6 Å². The topological polar surface area (TPSA) is 50.2 Å². The number of hydrogen-bond acceptors (Lipinski definition) is 4. The summed E-state index contributed by atoms with van der Waals surface area (Å²) in [4.78, 5) is 14.4. The Kier molecular flexibility index (Phi) is 5.53. The third-order valence-corrected chi connectivity index (χ3v) is 4.81. The number of nitrogens with one attached hydrogen (secondary N) is 1. The second-order valence-corrected chi connectivity index (χ2v) is 6.74. The smallest absolute Gasteiger partial charge is 0.287 e. The molecule has 2 heterocycles. The number of benzene rings is 1. The molecule has 1 aliphatic rings. The maximum atomic E-state index is 11.9. The van der Waals surface area contributed by atoms with Crippen molar-refractivity contribution in [2.24, 2.45) is 7.05 Å². The lowest BCUT2D eigenvalue weighted by Gasteiger charge is -2.25. The van der Waals surface area contributed by atoms with E-state index in [0.717, 1.165) is 26.1 Å². The van der Waals surface area contributed by atoms with Gasteiger partial charge in [-0.1, -0.05) is 48.4 Å². The largest absolute Gasteiger partial charge is 0.378 e. The predicted molar refractivity (Wildman–Crippen MR) is 97.5 cm³/mol. The van der Waals surface area contributed by atoms with Gasteiger partial charge < -0.3 is 5.32 Å². The number of likely N-dealkylation sites (tertiary alicyclic amines) is 1. The van der Waals surface area contributed by atoms with Gasteiger partial charge in [-0.15, -0.1) is 0 Å². The molecule has 0 bridgehead atoms. The first kappa shape index (κ1) is 17.0. The minimum absolute atomic E-state index is 0.214. The summed E-state index contributed by atoms with van der Waals surface area (Å²) in [6, 6.07) is 10.8. The normalized spacial score (nSPS) is 19.0. The SMILES string of the molecule is Cn1ncc(NC2CCCCN(Cc3ccccc3)C2)c(Cl)c1=O. The number of anilines is 1. The van der Waals surface area contributed by atoms with E-state index in [1.165, 1.54) is 23.1 Å². The van der Waals surface area contributed by atoms with E-state index in [1.54, 1.807) is 13.2 Å². The van der Waals surface area contributed by atoms with Gasteiger partial charge in [-0.2, -0.15) is 5.10 Å². The molecular weight excluding hydrogens is 324 g/mol. The molecule has 24 heavy (non-hydrogen) atoms. The second kappa shape index (κ2) is 7.81. The van der Waals surface area contributed by atoms with Gasteiger partial charge in [0, 0.05) is 26.2 Å². The quantitative estimate of drug-likeness (QED) is 0.924. The van der Waals surface area contributed by atoms with E-state index in [0.29, 0.717) is 5.69 Å². The monoisotopic (exact) mass is 346 g/mol. The molecule has 1 aromatic heterocycles. The van der Waals surface area contributed by atoms with Crippen LogP contribution in [0.2, 0.25) is 5.02 Å². The molecule has 0 spiro atoms. The van der Waals surface area contributed by atoms with Crippen molar-refractivity contribution in [1.82, 2.24) is 14.7 Å². The lowest BCUT2D eigenvalue weighted by molar-refractivity contribution is 0.269. The van der Waals surface area contributed by atoms with Crippen molar-refractivity contribution < 1.29 is 0 Å². The predicted octanol–water partition coefficient (Wildman–Crippen LogP) is 2.90. The molecule has 6 heteroatoms. The first-order valence-corrected chi connectivity index (χ1v) is 8.76. The van der Waals surface area contributed by atoms with E-state index in [1.807, 2.05) is 6.07 Å². The Hall–Kier alpha value is -1.85. The van der Waals surface area contributed by atoms with Crippen LogP contribution in [0.1, 0.15) is 24.8 Å². The maximum Gasteiger partial charge on any atom is 0.287 e. The van der Waals surface area contributed by atoms with E-state index < -0.39 is 0 Å². The van der Waals surface area contributed by atoms with E-state index in [4.69, 9.17) is 11.6 Å². The third kappa shape index (κ3) is 4.16. The minimum atomic E-state index is -0.267. The Morgan fingerprint density at radius 1 is 1.29 bits per heavy atom. The molecule has 1 fully saturated rings. The van der Waals surface area contributed by atoms with E-state index in [9.17, 15) is 4.79 Å². The summed E-state index contributed by atoms with van der Waals surface area (Å²) in [6.45, 7) is 2.97. The molecule has 1 N–H and O–H groups in total. The van der Waals surface area contributed by atoms with Crippen molar-refractivity contribution in [2.75, 3.05) is 18.4 Å². The summed E-state index contributed by atoms with van der Waals surface area (Å²) in [5.74, 6) is 0. The summed E-state index contributed by atoms with van der Waals surface area (Å²) in [5.41, 5.74) is 1.69. The van der Waals surface area contributed by atoms with Crippen LogP contribution in [0.5, 0.6) is 0 Å². The molecule has 3 rings (SSSR count). The highest BCUT2D eigenvalue weighted by Gasteiger charge is 2.20. The van der Waals surface area contributed by atoms with Crippen molar-refractivity contribution in [3.63, 3.8) is 0 Å². The number of aryl methyl sites for hydroxylation is 1. The Balaban J connectivity index is 1.69. The van der Waals surface area contributed by atoms with Gasteiger partial charge in [-0.05, 0) is 24.9 Å². The molecule has 0 radical (unpaired) electrons. The van der Waals surface area contributed by atoms with Crippen LogP contribution in [0, 0.1) is 0 Å². The first-order chi connectivity index (χ1) is 11.6. The van der Waals surface area contributed by atoms with Crippen LogP contribution in [0.3, 0.4) is 0 Å². The van der Waals surface area contributed by atoms with Crippen molar-refractivity contribution in [3.05, 3.63) is 57.5 Å². The highest BCUT2D eigenvalue weighted by Crippen LogP contribution is 2.21. The van der Waals surface area contributed by atoms with Gasteiger partial charge in [-0.3, -0.25) is 9.69 Å². The molecule has 128 valence electrons. The Labute approximate surface area is 147 Å². The van der Waals surface area contributed by atoms with Gasteiger partial charge in [0.2, 0.25) is 0 Å². The van der Waals surface area contributed by atoms with E-state index in [2.05, 4.69) is 39.6 Å². The lowest BCUT2D eigenvalue weighted by atomic mass is 10.1. The molecule has 1 atom stereocenters. The summed E-state index contributed by atoms with van der Waals surface area (Å²) >= 11 is 6.18. The van der Waals surface area contributed by atoms with Crippen LogP contribution in [-0.2, 0) is 13.6 Å². The number of rotatable bonds is 4. The lowest BCUT2D eigenvalue weighted by Crippen LogP contribution is -2.35. The fourth-order valence-electron chi connectivity index (χ4n) is 3.15. The summed E-state index contributed by atoms with van der Waals surface area (Å²) in [5, 5.41) is 7.70. The maximum absolute atomic E-state index is 11.9. The molecule has 0 amide bonds. The van der Waals surface area contributed by atoms with Crippen molar-refractivity contribution >= 4 is 17.3 Å². The molecular formula is C18H23ClN4O. The minimum Gasteiger partial charge on any atom is -0.378 e. The average molecular weight is 347 g/mol. The van der Waals surface area contributed by atoms with E-state index >= 15 is 0 Å². The summed E-state index contributed by atoms with van der Waals surface area (Å²) in [7, 11) is 1.60. The van der Waals surface area contributed by atoms with Crippen LogP contribution in [0.25, 0.3) is 0 Å². The average Bonchev–Trinajstić information content (AvgIpc) is 2.81. The molecule has 2 aromatic rings. The van der Waals surface area contributed by atoms with Gasteiger partial charge in [0.1, 0.15) is 5.02 Å². The molecule has 0 aliphatic carbocycles. The summed E-state index contributed by atoms with van der Waals surface area (Å²) in [6.07, 6.45) is 5.05.